The SMILES string of the molecule is C=C(/C=N\N(C)C(C)CCO)c1ccnc2c1CCN2. The van der Waals surface area contributed by atoms with Crippen molar-refractivity contribution < 1.29 is 5.11 Å². The van der Waals surface area contributed by atoms with Gasteiger partial charge in [-0.2, -0.15) is 5.10 Å². The molecule has 1 aliphatic heterocycles. The number of rotatable bonds is 6. The molecule has 0 saturated heterocycles. The molecule has 1 atom stereocenters. The maximum absolute atomic E-state index is 8.94. The molecule has 1 aromatic rings. The van der Waals surface area contributed by atoms with Crippen LogP contribution in [0.4, 0.5) is 5.82 Å². The van der Waals surface area contributed by atoms with E-state index in [1.54, 1.807) is 12.4 Å². The maximum Gasteiger partial charge on any atom is 0.129 e. The molecule has 0 aliphatic carbocycles. The van der Waals surface area contributed by atoms with Gasteiger partial charge >= 0.3 is 0 Å². The van der Waals surface area contributed by atoms with Gasteiger partial charge in [0.1, 0.15) is 5.82 Å². The van der Waals surface area contributed by atoms with Crippen molar-refractivity contribution in [3.8, 4) is 0 Å². The van der Waals surface area contributed by atoms with Crippen molar-refractivity contribution in [2.75, 3.05) is 25.5 Å². The number of nitrogens with zero attached hydrogens (tertiary/aromatic N) is 3. The number of hydrazone groups is 1. The van der Waals surface area contributed by atoms with Gasteiger partial charge in [0.15, 0.2) is 0 Å². The summed E-state index contributed by atoms with van der Waals surface area (Å²) in [6.45, 7) is 7.23. The number of aliphatic hydroxyl groups is 1. The van der Waals surface area contributed by atoms with Gasteiger partial charge in [-0.05, 0) is 37.0 Å². The quantitative estimate of drug-likeness (QED) is 0.613. The molecule has 1 unspecified atom stereocenters. The zero-order valence-electron chi connectivity index (χ0n) is 12.1. The first-order valence-corrected chi connectivity index (χ1v) is 6.92. The number of fused-ring (bicyclic) bond motifs is 1. The predicted molar refractivity (Wildman–Crippen MR) is 82.9 cm³/mol. The molecule has 20 heavy (non-hydrogen) atoms. The Hall–Kier alpha value is -1.88. The van der Waals surface area contributed by atoms with Gasteiger partial charge in [0.05, 0.1) is 6.21 Å². The van der Waals surface area contributed by atoms with Crippen LogP contribution < -0.4 is 5.32 Å². The first-order chi connectivity index (χ1) is 9.63. The third kappa shape index (κ3) is 3.17. The summed E-state index contributed by atoms with van der Waals surface area (Å²) in [4.78, 5) is 4.32. The molecule has 0 amide bonds. The van der Waals surface area contributed by atoms with Crippen molar-refractivity contribution in [3.63, 3.8) is 0 Å². The van der Waals surface area contributed by atoms with Gasteiger partial charge in [-0.3, -0.25) is 5.01 Å². The standard InChI is InChI=1S/C15H22N4O/c1-11(10-18-19(3)12(2)6-9-20)13-4-7-16-15-14(13)5-8-17-15/h4,7,10,12,20H,1,5-6,8-9H2,2-3H3,(H,16,17)/b18-10-. The first-order valence-electron chi connectivity index (χ1n) is 6.92. The highest BCUT2D eigenvalue weighted by Gasteiger charge is 2.16. The molecule has 5 nitrogen and oxygen atoms in total. The van der Waals surface area contributed by atoms with Crippen molar-refractivity contribution in [1.82, 2.24) is 9.99 Å². The molecule has 0 saturated carbocycles. The lowest BCUT2D eigenvalue weighted by atomic mass is 10.0. The zero-order valence-corrected chi connectivity index (χ0v) is 12.1. The summed E-state index contributed by atoms with van der Waals surface area (Å²) in [6, 6.07) is 2.19. The van der Waals surface area contributed by atoms with Crippen molar-refractivity contribution >= 4 is 17.6 Å². The zero-order chi connectivity index (χ0) is 14.5. The number of aliphatic hydroxyl groups excluding tert-OH is 1. The smallest absolute Gasteiger partial charge is 0.129 e. The minimum absolute atomic E-state index is 0.172. The fourth-order valence-electron chi connectivity index (χ4n) is 2.22. The van der Waals surface area contributed by atoms with Crippen LogP contribution >= 0.6 is 0 Å². The predicted octanol–water partition coefficient (Wildman–Crippen LogP) is 1.75. The number of allylic oxidation sites excluding steroid dienone is 1. The van der Waals surface area contributed by atoms with E-state index in [2.05, 4.69) is 22.0 Å². The van der Waals surface area contributed by atoms with Crippen LogP contribution in [0.15, 0.2) is 23.9 Å². The van der Waals surface area contributed by atoms with E-state index in [1.807, 2.05) is 25.0 Å². The normalized spacial score (nSPS) is 14.9. The summed E-state index contributed by atoms with van der Waals surface area (Å²) in [7, 11) is 1.91. The minimum Gasteiger partial charge on any atom is -0.396 e. The summed E-state index contributed by atoms with van der Waals surface area (Å²) >= 11 is 0. The topological polar surface area (TPSA) is 60.8 Å². The van der Waals surface area contributed by atoms with E-state index in [9.17, 15) is 0 Å². The molecule has 0 aromatic carbocycles. The van der Waals surface area contributed by atoms with Crippen molar-refractivity contribution in [2.45, 2.75) is 25.8 Å². The molecule has 5 heteroatoms. The molecule has 0 bridgehead atoms. The van der Waals surface area contributed by atoms with E-state index in [4.69, 9.17) is 5.11 Å². The minimum atomic E-state index is 0.172. The van der Waals surface area contributed by atoms with Gasteiger partial charge in [-0.15, -0.1) is 0 Å². The number of pyridine rings is 1. The molecule has 0 fully saturated rings. The monoisotopic (exact) mass is 274 g/mol. The molecule has 0 radical (unpaired) electrons. The van der Waals surface area contributed by atoms with Crippen molar-refractivity contribution in [1.29, 1.82) is 0 Å². The summed E-state index contributed by atoms with van der Waals surface area (Å²) in [6.07, 6.45) is 5.25. The number of anilines is 1. The Labute approximate surface area is 120 Å². The van der Waals surface area contributed by atoms with E-state index < -0.39 is 0 Å². The van der Waals surface area contributed by atoms with E-state index in [0.717, 1.165) is 29.9 Å². The third-order valence-electron chi connectivity index (χ3n) is 3.65. The second kappa shape index (κ2) is 6.52. The van der Waals surface area contributed by atoms with Crippen molar-refractivity contribution in [2.24, 2.45) is 5.10 Å². The van der Waals surface area contributed by atoms with Gasteiger partial charge in [0.2, 0.25) is 0 Å². The average molecular weight is 274 g/mol. The highest BCUT2D eigenvalue weighted by Crippen LogP contribution is 2.26. The van der Waals surface area contributed by atoms with Gasteiger partial charge in [0, 0.05) is 38.0 Å². The average Bonchev–Trinajstić information content (AvgIpc) is 2.92. The fourth-order valence-corrected chi connectivity index (χ4v) is 2.22. The number of aromatic nitrogens is 1. The fraction of sp³-hybridized carbons (Fsp3) is 0.467. The summed E-state index contributed by atoms with van der Waals surface area (Å²) in [5.41, 5.74) is 3.21. The van der Waals surface area contributed by atoms with Crippen LogP contribution in [0.3, 0.4) is 0 Å². The molecule has 0 spiro atoms. The summed E-state index contributed by atoms with van der Waals surface area (Å²) in [5, 5.41) is 18.4. The molecular weight excluding hydrogens is 252 g/mol. The van der Waals surface area contributed by atoms with Crippen LogP contribution in [0, 0.1) is 0 Å². The van der Waals surface area contributed by atoms with Crippen molar-refractivity contribution in [3.05, 3.63) is 30.0 Å². The van der Waals surface area contributed by atoms with Gasteiger partial charge in [0.25, 0.3) is 0 Å². The third-order valence-corrected chi connectivity index (χ3v) is 3.65. The maximum atomic E-state index is 8.94. The number of hydrogen-bond acceptors (Lipinski definition) is 5. The van der Waals surface area contributed by atoms with E-state index in [-0.39, 0.29) is 12.6 Å². The largest absolute Gasteiger partial charge is 0.396 e. The second-order valence-electron chi connectivity index (χ2n) is 5.07. The molecule has 2 rings (SSSR count). The van der Waals surface area contributed by atoms with Gasteiger partial charge < -0.3 is 10.4 Å². The molecule has 108 valence electrons. The lowest BCUT2D eigenvalue weighted by Crippen LogP contribution is -2.25. The van der Waals surface area contributed by atoms with Crippen LogP contribution in [-0.4, -0.2) is 47.6 Å². The Morgan fingerprint density at radius 2 is 2.50 bits per heavy atom. The molecule has 1 aliphatic rings. The van der Waals surface area contributed by atoms with Crippen LogP contribution in [-0.2, 0) is 6.42 Å². The Balaban J connectivity index is 2.07. The Morgan fingerprint density at radius 3 is 3.25 bits per heavy atom. The molecular formula is C15H22N4O. The lowest BCUT2D eigenvalue weighted by Gasteiger charge is -2.20. The Bertz CT molecular complexity index is 513. The summed E-state index contributed by atoms with van der Waals surface area (Å²) < 4.78 is 0. The molecule has 1 aromatic heterocycles. The number of nitrogens with one attached hydrogen (secondary N) is 1. The molecule has 2 N–H and O–H groups in total. The van der Waals surface area contributed by atoms with Gasteiger partial charge in [-0.25, -0.2) is 4.98 Å². The summed E-state index contributed by atoms with van der Waals surface area (Å²) in [5.74, 6) is 0.957. The Morgan fingerprint density at radius 1 is 1.70 bits per heavy atom. The second-order valence-corrected chi connectivity index (χ2v) is 5.07. The van der Waals surface area contributed by atoms with Gasteiger partial charge in [-0.1, -0.05) is 6.58 Å². The lowest BCUT2D eigenvalue weighted by molar-refractivity contribution is 0.202. The van der Waals surface area contributed by atoms with Crippen LogP contribution in [0.2, 0.25) is 0 Å². The first kappa shape index (κ1) is 14.5. The highest BCUT2D eigenvalue weighted by atomic mass is 16.3. The molecule has 2 heterocycles. The van der Waals surface area contributed by atoms with E-state index >= 15 is 0 Å². The van der Waals surface area contributed by atoms with E-state index in [0.29, 0.717) is 6.42 Å². The van der Waals surface area contributed by atoms with Crippen LogP contribution in [0.1, 0.15) is 24.5 Å². The van der Waals surface area contributed by atoms with E-state index in [1.165, 1.54) is 5.56 Å². The van der Waals surface area contributed by atoms with Crippen LogP contribution in [0.5, 0.6) is 0 Å². The van der Waals surface area contributed by atoms with Crippen LogP contribution in [0.25, 0.3) is 5.57 Å². The highest BCUT2D eigenvalue weighted by molar-refractivity contribution is 6.09. The Kier molecular flexibility index (Phi) is 4.74. The number of hydrogen-bond donors (Lipinski definition) is 2.